The van der Waals surface area contributed by atoms with E-state index in [1.807, 2.05) is 27.7 Å². The van der Waals surface area contributed by atoms with Gasteiger partial charge >= 0.3 is 7.48 Å². The number of aliphatic hydroxyl groups is 2. The zero-order valence-electron chi connectivity index (χ0n) is 24.0. The maximum atomic E-state index is 10.6. The van der Waals surface area contributed by atoms with Crippen LogP contribution >= 0.6 is 0 Å². The van der Waals surface area contributed by atoms with Crippen LogP contribution in [0.15, 0.2) is 59.7 Å². The molecule has 0 aromatic heterocycles. The summed E-state index contributed by atoms with van der Waals surface area (Å²) in [4.78, 5) is 0. The van der Waals surface area contributed by atoms with Crippen molar-refractivity contribution in [3.63, 3.8) is 0 Å². The maximum absolute atomic E-state index is 10.6. The first kappa shape index (κ1) is 28.6. The molecule has 1 heterocycles. The molecular weight excluding hydrogens is 462 g/mol. The molecule has 37 heavy (non-hydrogen) atoms. The van der Waals surface area contributed by atoms with Crippen LogP contribution in [0, 0.1) is 17.8 Å². The number of rotatable bonds is 9. The van der Waals surface area contributed by atoms with Crippen LogP contribution in [0.2, 0.25) is 5.82 Å². The average molecular weight is 508 g/mol. The van der Waals surface area contributed by atoms with Gasteiger partial charge < -0.3 is 24.3 Å². The van der Waals surface area contributed by atoms with Crippen LogP contribution in [-0.4, -0.2) is 59.8 Å². The van der Waals surface area contributed by atoms with E-state index >= 15 is 0 Å². The average Bonchev–Trinajstić information content (AvgIpc) is 3.18. The Morgan fingerprint density at radius 2 is 1.43 bits per heavy atom. The first-order chi connectivity index (χ1) is 17.1. The minimum Gasteiger partial charge on any atom is -0.432 e. The molecule has 0 amide bonds. The van der Waals surface area contributed by atoms with Gasteiger partial charge in [-0.1, -0.05) is 54.1 Å². The molecule has 2 N–H and O–H groups in total. The molecule has 4 rings (SSSR count). The maximum Gasteiger partial charge on any atom is 0.305 e. The van der Waals surface area contributed by atoms with Gasteiger partial charge in [0.15, 0.2) is 0 Å². The van der Waals surface area contributed by atoms with E-state index in [4.69, 9.17) is 14.0 Å². The molecule has 5 nitrogen and oxygen atoms in total. The van der Waals surface area contributed by atoms with Crippen LogP contribution in [-0.2, 0) is 14.0 Å². The number of allylic oxidation sites excluding steroid dienone is 6. The fraction of sp³-hybridized carbons (Fsp3) is 0.667. The summed E-state index contributed by atoms with van der Waals surface area (Å²) in [5, 5.41) is 21.2. The Kier molecular flexibility index (Phi) is 7.98. The van der Waals surface area contributed by atoms with Crippen molar-refractivity contribution < 1.29 is 24.3 Å². The zero-order valence-corrected chi connectivity index (χ0v) is 24.0. The normalized spacial score (nSPS) is 31.9. The second-order valence-electron chi connectivity index (χ2n) is 13.5. The summed E-state index contributed by atoms with van der Waals surface area (Å²) in [7, 11) is 1.04. The number of ether oxygens (including phenoxy) is 1. The van der Waals surface area contributed by atoms with Gasteiger partial charge in [-0.25, -0.2) is 0 Å². The van der Waals surface area contributed by atoms with Crippen LogP contribution in [0.5, 0.6) is 0 Å². The Balaban J connectivity index is 1.52. The molecule has 0 radical (unpaired) electrons. The van der Waals surface area contributed by atoms with Crippen LogP contribution in [0.25, 0.3) is 0 Å². The smallest absolute Gasteiger partial charge is 0.305 e. The lowest BCUT2D eigenvalue weighted by molar-refractivity contribution is -0.0913. The Morgan fingerprint density at radius 1 is 0.811 bits per heavy atom. The lowest BCUT2D eigenvalue weighted by Crippen LogP contribution is -2.49. The Bertz CT molecular complexity index is 992. The van der Waals surface area contributed by atoms with E-state index in [2.05, 4.69) is 48.6 Å². The van der Waals surface area contributed by atoms with E-state index in [1.54, 1.807) is 27.7 Å². The molecule has 1 saturated heterocycles. The highest BCUT2D eigenvalue weighted by Gasteiger charge is 2.43. The van der Waals surface area contributed by atoms with Gasteiger partial charge in [0.05, 0.1) is 34.6 Å². The van der Waals surface area contributed by atoms with Gasteiger partial charge in [0.1, 0.15) is 0 Å². The highest BCUT2D eigenvalue weighted by Crippen LogP contribution is 2.44. The predicted molar refractivity (Wildman–Crippen MR) is 153 cm³/mol. The van der Waals surface area contributed by atoms with Crippen molar-refractivity contribution in [2.75, 3.05) is 0 Å². The summed E-state index contributed by atoms with van der Waals surface area (Å²) in [6.07, 6.45) is 20.1. The second-order valence-corrected chi connectivity index (χ2v) is 13.5. The number of fused-ring (bicyclic) bond motifs is 3. The zero-order chi connectivity index (χ0) is 27.2. The lowest BCUT2D eigenvalue weighted by Gasteiger charge is -2.40. The lowest BCUT2D eigenvalue weighted by atomic mass is 9.60. The van der Waals surface area contributed by atoms with Crippen molar-refractivity contribution in [3.8, 4) is 0 Å². The van der Waals surface area contributed by atoms with E-state index in [1.165, 1.54) is 11.0 Å². The summed E-state index contributed by atoms with van der Waals surface area (Å²) in [6, 6.07) is 0. The minimum absolute atomic E-state index is 0.0929. The third-order valence-corrected chi connectivity index (χ3v) is 9.38. The van der Waals surface area contributed by atoms with Gasteiger partial charge in [0.2, 0.25) is 0 Å². The van der Waals surface area contributed by atoms with Crippen LogP contribution in [0.4, 0.5) is 0 Å². The van der Waals surface area contributed by atoms with Gasteiger partial charge in [-0.05, 0) is 79.6 Å². The molecule has 0 saturated carbocycles. The summed E-state index contributed by atoms with van der Waals surface area (Å²) < 4.78 is 19.0. The van der Waals surface area contributed by atoms with E-state index in [0.29, 0.717) is 32.6 Å². The summed E-state index contributed by atoms with van der Waals surface area (Å²) >= 11 is 0. The first-order valence-corrected chi connectivity index (χ1v) is 13.9. The fourth-order valence-electron chi connectivity index (χ4n) is 5.33. The molecule has 0 spiro atoms. The third-order valence-electron chi connectivity index (χ3n) is 9.38. The van der Waals surface area contributed by atoms with Crippen LogP contribution in [0.1, 0.15) is 68.2 Å². The van der Waals surface area contributed by atoms with Crippen molar-refractivity contribution in [3.05, 3.63) is 59.7 Å². The molecule has 1 aliphatic heterocycles. The molecular formula is C30H46B2O5. The Labute approximate surface area is 225 Å². The summed E-state index contributed by atoms with van der Waals surface area (Å²) in [5.74, 6) is 1.32. The standard InChI is InChI=1S/C30H46B2O5/c1-27(2,33)29(5,6)36-31-21-15-20(16-22(18-21)32-37-30(7,8)28(3,4)34)19-13-14-24-23-11-9-10-12-25(23)35-26(24)17-19/h9-15,17,20,22-26,31-34H,16,18H2,1-8H3. The largest absolute Gasteiger partial charge is 0.432 e. The van der Waals surface area contributed by atoms with Crippen molar-refractivity contribution >= 4 is 15.0 Å². The molecule has 4 aliphatic rings. The molecule has 6 unspecified atom stereocenters. The predicted octanol–water partition coefficient (Wildman–Crippen LogP) is 4.53. The van der Waals surface area contributed by atoms with E-state index in [-0.39, 0.29) is 18.1 Å². The minimum atomic E-state index is -0.954. The molecule has 7 heteroatoms. The molecule has 3 aliphatic carbocycles. The number of hydrogen-bond donors (Lipinski definition) is 2. The summed E-state index contributed by atoms with van der Waals surface area (Å²) in [6.45, 7) is 14.9. The SMILES string of the molecule is CC(C)(O)C(C)(C)OBC1=CC(C2=CC3OC4C=CC=CC4C3C=C2)CC(BOC(C)(C)C(C)(C)O)C1. The Hall–Kier alpha value is -1.37. The first-order valence-electron chi connectivity index (χ1n) is 13.9. The van der Waals surface area contributed by atoms with E-state index in [9.17, 15) is 10.2 Å². The Morgan fingerprint density at radius 3 is 2.11 bits per heavy atom. The van der Waals surface area contributed by atoms with Gasteiger partial charge in [-0.3, -0.25) is 0 Å². The van der Waals surface area contributed by atoms with Gasteiger partial charge in [0, 0.05) is 17.8 Å². The quantitative estimate of drug-likeness (QED) is 0.449. The molecule has 1 fully saturated rings. The molecule has 6 atom stereocenters. The van der Waals surface area contributed by atoms with E-state index in [0.717, 1.165) is 12.8 Å². The van der Waals surface area contributed by atoms with Gasteiger partial charge in [0.25, 0.3) is 7.48 Å². The van der Waals surface area contributed by atoms with Crippen molar-refractivity contribution in [2.45, 2.75) is 109 Å². The topological polar surface area (TPSA) is 68.2 Å². The summed E-state index contributed by atoms with van der Waals surface area (Å²) in [5.41, 5.74) is -0.713. The van der Waals surface area contributed by atoms with E-state index < -0.39 is 22.4 Å². The monoisotopic (exact) mass is 508 g/mol. The molecule has 0 aromatic rings. The van der Waals surface area contributed by atoms with Crippen LogP contribution in [0.3, 0.4) is 0 Å². The second kappa shape index (κ2) is 10.3. The van der Waals surface area contributed by atoms with Gasteiger partial charge in [-0.2, -0.15) is 0 Å². The molecule has 202 valence electrons. The number of hydrogen-bond acceptors (Lipinski definition) is 5. The molecule has 0 bridgehead atoms. The van der Waals surface area contributed by atoms with Crippen molar-refractivity contribution in [2.24, 2.45) is 17.8 Å². The van der Waals surface area contributed by atoms with Crippen LogP contribution < -0.4 is 0 Å². The highest BCUT2D eigenvalue weighted by atomic mass is 16.5. The molecule has 0 aromatic carbocycles. The van der Waals surface area contributed by atoms with Gasteiger partial charge in [-0.15, -0.1) is 0 Å². The van der Waals surface area contributed by atoms with Crippen molar-refractivity contribution in [1.29, 1.82) is 0 Å². The fourth-order valence-corrected chi connectivity index (χ4v) is 5.33. The highest BCUT2D eigenvalue weighted by molar-refractivity contribution is 6.39. The van der Waals surface area contributed by atoms with Crippen molar-refractivity contribution in [1.82, 2.24) is 0 Å². The third kappa shape index (κ3) is 6.28.